The number of hydrogen-bond donors (Lipinski definition) is 3. The van der Waals surface area contributed by atoms with Crippen molar-refractivity contribution in [3.8, 4) is 11.1 Å². The van der Waals surface area contributed by atoms with Crippen molar-refractivity contribution < 1.29 is 29.0 Å². The van der Waals surface area contributed by atoms with E-state index in [4.69, 9.17) is 14.6 Å². The quantitative estimate of drug-likeness (QED) is 0.563. The van der Waals surface area contributed by atoms with Gasteiger partial charge in [-0.3, -0.25) is 9.59 Å². The van der Waals surface area contributed by atoms with Gasteiger partial charge in [-0.2, -0.15) is 0 Å². The lowest BCUT2D eigenvalue weighted by atomic mass is 9.98. The van der Waals surface area contributed by atoms with Gasteiger partial charge in [-0.15, -0.1) is 0 Å². The predicted molar refractivity (Wildman–Crippen MR) is 128 cm³/mol. The second-order valence-electron chi connectivity index (χ2n) is 9.65. The third-order valence-corrected chi connectivity index (χ3v) is 7.40. The zero-order chi connectivity index (χ0) is 24.4. The van der Waals surface area contributed by atoms with Crippen LogP contribution < -0.4 is 10.6 Å². The first kappa shape index (κ1) is 23.4. The minimum Gasteiger partial charge on any atom is -0.481 e. The molecule has 2 amide bonds. The van der Waals surface area contributed by atoms with Crippen LogP contribution in [-0.2, 0) is 19.1 Å². The van der Waals surface area contributed by atoms with Crippen LogP contribution in [0.3, 0.4) is 0 Å². The van der Waals surface area contributed by atoms with Crippen molar-refractivity contribution in [2.45, 2.75) is 43.7 Å². The summed E-state index contributed by atoms with van der Waals surface area (Å²) in [5.41, 5.74) is 4.70. The lowest BCUT2D eigenvalue weighted by Gasteiger charge is -2.17. The number of amides is 2. The number of alkyl carbamates (subject to hydrolysis) is 1. The number of carboxylic acids is 1. The summed E-state index contributed by atoms with van der Waals surface area (Å²) in [4.78, 5) is 36.1. The van der Waals surface area contributed by atoms with E-state index in [0.717, 1.165) is 0 Å². The number of aliphatic carboxylic acids is 1. The molecule has 2 aliphatic carbocycles. The van der Waals surface area contributed by atoms with Crippen molar-refractivity contribution in [2.24, 2.45) is 11.8 Å². The second-order valence-corrected chi connectivity index (χ2v) is 9.65. The fourth-order valence-corrected chi connectivity index (χ4v) is 5.54. The van der Waals surface area contributed by atoms with E-state index in [1.807, 2.05) is 24.3 Å². The van der Waals surface area contributed by atoms with Crippen molar-refractivity contribution in [3.05, 3.63) is 59.7 Å². The van der Waals surface area contributed by atoms with Gasteiger partial charge < -0.3 is 25.2 Å². The minimum absolute atomic E-state index is 0.00813. The Morgan fingerprint density at radius 2 is 1.63 bits per heavy atom. The summed E-state index contributed by atoms with van der Waals surface area (Å²) in [6.07, 6.45) is 1.63. The Morgan fingerprint density at radius 1 is 0.943 bits per heavy atom. The maximum absolute atomic E-state index is 12.6. The molecule has 1 aliphatic heterocycles. The normalized spacial score (nSPS) is 25.0. The topological polar surface area (TPSA) is 114 Å². The highest BCUT2D eigenvalue weighted by Crippen LogP contribution is 2.44. The fraction of sp³-hybridized carbons (Fsp3) is 0.444. The van der Waals surface area contributed by atoms with Crippen molar-refractivity contribution in [2.75, 3.05) is 19.8 Å². The van der Waals surface area contributed by atoms with Crippen LogP contribution in [0.5, 0.6) is 0 Å². The molecule has 0 aromatic heterocycles. The van der Waals surface area contributed by atoms with Crippen LogP contribution in [0.4, 0.5) is 4.79 Å². The summed E-state index contributed by atoms with van der Waals surface area (Å²) < 4.78 is 11.1. The van der Waals surface area contributed by atoms with Gasteiger partial charge in [-0.05, 0) is 47.9 Å². The van der Waals surface area contributed by atoms with Crippen molar-refractivity contribution in [1.29, 1.82) is 0 Å². The monoisotopic (exact) mass is 478 g/mol. The number of fused-ring (bicyclic) bond motifs is 3. The van der Waals surface area contributed by atoms with Crippen LogP contribution in [-0.4, -0.2) is 55.0 Å². The second kappa shape index (κ2) is 10.1. The number of nitrogens with one attached hydrogen (secondary N) is 2. The zero-order valence-corrected chi connectivity index (χ0v) is 19.4. The Morgan fingerprint density at radius 3 is 2.29 bits per heavy atom. The van der Waals surface area contributed by atoms with Gasteiger partial charge in [-0.1, -0.05) is 48.5 Å². The summed E-state index contributed by atoms with van der Waals surface area (Å²) in [5, 5.41) is 14.9. The van der Waals surface area contributed by atoms with Gasteiger partial charge in [0.15, 0.2) is 0 Å². The molecule has 3 aliphatic rings. The van der Waals surface area contributed by atoms with Gasteiger partial charge in [0, 0.05) is 24.4 Å². The van der Waals surface area contributed by atoms with Crippen molar-refractivity contribution in [3.63, 3.8) is 0 Å². The molecule has 2 aromatic carbocycles. The molecule has 0 bridgehead atoms. The first-order valence-corrected chi connectivity index (χ1v) is 12.2. The Kier molecular flexibility index (Phi) is 6.72. The first-order valence-electron chi connectivity index (χ1n) is 12.2. The Balaban J connectivity index is 1.07. The Hall–Kier alpha value is -3.39. The molecule has 5 rings (SSSR count). The summed E-state index contributed by atoms with van der Waals surface area (Å²) in [7, 11) is 0. The highest BCUT2D eigenvalue weighted by molar-refractivity contribution is 5.80. The largest absolute Gasteiger partial charge is 0.481 e. The van der Waals surface area contributed by atoms with Gasteiger partial charge in [0.05, 0.1) is 18.6 Å². The van der Waals surface area contributed by atoms with Gasteiger partial charge in [0.25, 0.3) is 0 Å². The van der Waals surface area contributed by atoms with Gasteiger partial charge in [0.1, 0.15) is 6.61 Å². The van der Waals surface area contributed by atoms with E-state index in [0.29, 0.717) is 32.2 Å². The highest BCUT2D eigenvalue weighted by atomic mass is 16.5. The molecule has 8 nitrogen and oxygen atoms in total. The molecular weight excluding hydrogens is 448 g/mol. The lowest BCUT2D eigenvalue weighted by Crippen LogP contribution is -2.37. The number of carboxylic acid groups (broad SMARTS) is 1. The number of carbonyl (C=O) groups excluding carboxylic acids is 2. The summed E-state index contributed by atoms with van der Waals surface area (Å²) >= 11 is 0. The predicted octanol–water partition coefficient (Wildman–Crippen LogP) is 3.30. The van der Waals surface area contributed by atoms with Crippen LogP contribution in [0.1, 0.15) is 42.7 Å². The number of benzene rings is 2. The third-order valence-electron chi connectivity index (χ3n) is 7.40. The summed E-state index contributed by atoms with van der Waals surface area (Å²) in [5.74, 6) is -1.63. The van der Waals surface area contributed by atoms with Crippen molar-refractivity contribution in [1.82, 2.24) is 10.6 Å². The molecule has 0 radical (unpaired) electrons. The smallest absolute Gasteiger partial charge is 0.407 e. The average molecular weight is 479 g/mol. The molecule has 0 spiro atoms. The molecule has 1 heterocycles. The molecule has 184 valence electrons. The van der Waals surface area contributed by atoms with E-state index in [9.17, 15) is 14.4 Å². The molecule has 1 saturated carbocycles. The minimum atomic E-state index is -0.864. The van der Waals surface area contributed by atoms with E-state index < -0.39 is 18.0 Å². The molecule has 2 fully saturated rings. The maximum Gasteiger partial charge on any atom is 0.407 e. The summed E-state index contributed by atoms with van der Waals surface area (Å²) in [6, 6.07) is 16.3. The number of rotatable bonds is 7. The maximum atomic E-state index is 12.6. The van der Waals surface area contributed by atoms with E-state index in [-0.39, 0.29) is 43.1 Å². The zero-order valence-electron chi connectivity index (χ0n) is 19.4. The molecule has 3 N–H and O–H groups in total. The van der Waals surface area contributed by atoms with Gasteiger partial charge in [-0.25, -0.2) is 4.79 Å². The van der Waals surface area contributed by atoms with Gasteiger partial charge >= 0.3 is 12.1 Å². The fourth-order valence-electron chi connectivity index (χ4n) is 5.54. The molecule has 35 heavy (non-hydrogen) atoms. The lowest BCUT2D eigenvalue weighted by molar-refractivity contribution is -0.141. The van der Waals surface area contributed by atoms with Crippen LogP contribution in [0, 0.1) is 11.8 Å². The number of hydrogen-bond acceptors (Lipinski definition) is 5. The Bertz CT molecular complexity index is 1070. The van der Waals surface area contributed by atoms with E-state index in [1.54, 1.807) is 0 Å². The van der Waals surface area contributed by atoms with Crippen molar-refractivity contribution >= 4 is 18.0 Å². The van der Waals surface area contributed by atoms with Crippen LogP contribution >= 0.6 is 0 Å². The first-order chi connectivity index (χ1) is 17.0. The van der Waals surface area contributed by atoms with Gasteiger partial charge in [0.2, 0.25) is 5.91 Å². The van der Waals surface area contributed by atoms with Crippen LogP contribution in [0.15, 0.2) is 48.5 Å². The standard InChI is InChI=1S/C27H30N2O6/c30-25(28-13-19-12-17(14-34-19)26(31)32)16-9-10-18(11-16)29-27(33)35-15-24-22-7-3-1-5-20(22)21-6-2-4-8-23(21)24/h1-8,16-19,24H,9-15H2,(H,28,30)(H,29,33)(H,31,32). The Labute approximate surface area is 204 Å². The molecule has 8 heteroatoms. The molecule has 4 atom stereocenters. The summed E-state index contributed by atoms with van der Waals surface area (Å²) in [6.45, 7) is 0.754. The van der Waals surface area contributed by atoms with E-state index in [2.05, 4.69) is 34.9 Å². The third kappa shape index (κ3) is 5.03. The number of ether oxygens (including phenoxy) is 2. The molecule has 4 unspecified atom stereocenters. The molecule has 2 aromatic rings. The molecule has 1 saturated heterocycles. The SMILES string of the molecule is O=C(NC1CCC(C(=O)NCC2CC(C(=O)O)CO2)C1)OCC1c2ccccc2-c2ccccc21. The van der Waals surface area contributed by atoms with E-state index in [1.165, 1.54) is 22.3 Å². The highest BCUT2D eigenvalue weighted by Gasteiger charge is 2.34. The average Bonchev–Trinajstić information content (AvgIpc) is 3.59. The molecular formula is C27H30N2O6. The van der Waals surface area contributed by atoms with Crippen LogP contribution in [0.25, 0.3) is 11.1 Å². The van der Waals surface area contributed by atoms with Crippen LogP contribution in [0.2, 0.25) is 0 Å². The van der Waals surface area contributed by atoms with E-state index >= 15 is 0 Å². The number of carbonyl (C=O) groups is 3.